The molecule has 3 heteroatoms. The highest BCUT2D eigenvalue weighted by molar-refractivity contribution is 4.69. The number of nitrogens with one attached hydrogen (secondary N) is 1. The van der Waals surface area contributed by atoms with Gasteiger partial charge in [0, 0.05) is 6.54 Å². The van der Waals surface area contributed by atoms with Gasteiger partial charge in [-0.05, 0) is 12.8 Å². The number of nitrogens with zero attached hydrogens (tertiary/aromatic N) is 1. The van der Waals surface area contributed by atoms with Crippen LogP contribution in [0.1, 0.15) is 38.5 Å². The first kappa shape index (κ1) is 8.48. The van der Waals surface area contributed by atoms with Gasteiger partial charge in [0.25, 0.3) is 0 Å². The van der Waals surface area contributed by atoms with Crippen molar-refractivity contribution in [3.8, 4) is 0 Å². The molecule has 2 fully saturated rings. The van der Waals surface area contributed by atoms with E-state index in [0.29, 0.717) is 6.04 Å². The lowest BCUT2D eigenvalue weighted by molar-refractivity contribution is -0.173. The molecule has 0 unspecified atom stereocenters. The number of hydrazine groups is 1. The molecular formula is C9H18N2O. The Morgan fingerprint density at radius 3 is 2.42 bits per heavy atom. The van der Waals surface area contributed by atoms with Crippen molar-refractivity contribution in [2.24, 2.45) is 0 Å². The second kappa shape index (κ2) is 4.21. The van der Waals surface area contributed by atoms with Crippen molar-refractivity contribution in [1.82, 2.24) is 10.6 Å². The number of hydrogen-bond acceptors (Lipinski definition) is 3. The van der Waals surface area contributed by atoms with Gasteiger partial charge in [-0.2, -0.15) is 0 Å². The number of hydrogen-bond donors (Lipinski definition) is 1. The summed E-state index contributed by atoms with van der Waals surface area (Å²) in [6.07, 6.45) is 8.15. The van der Waals surface area contributed by atoms with E-state index in [9.17, 15) is 0 Å². The molecule has 1 saturated heterocycles. The molecule has 0 bridgehead atoms. The monoisotopic (exact) mass is 170 g/mol. The van der Waals surface area contributed by atoms with Crippen LogP contribution in [0.5, 0.6) is 0 Å². The summed E-state index contributed by atoms with van der Waals surface area (Å²) in [5, 5.41) is 1.99. The predicted octanol–water partition coefficient (Wildman–Crippen LogP) is 1.46. The lowest BCUT2D eigenvalue weighted by Crippen LogP contribution is -2.39. The average Bonchev–Trinajstić information content (AvgIpc) is 2.48. The Morgan fingerprint density at radius 1 is 1.08 bits per heavy atom. The van der Waals surface area contributed by atoms with Gasteiger partial charge in [0.15, 0.2) is 0 Å². The Hall–Kier alpha value is -0.120. The SMILES string of the molecule is C1CCCC(N2NCCO2)CC1. The zero-order chi connectivity index (χ0) is 8.23. The molecule has 0 spiro atoms. The molecule has 3 nitrogen and oxygen atoms in total. The van der Waals surface area contributed by atoms with E-state index in [1.54, 1.807) is 0 Å². The van der Waals surface area contributed by atoms with E-state index in [-0.39, 0.29) is 0 Å². The molecule has 0 radical (unpaired) electrons. The van der Waals surface area contributed by atoms with Crippen LogP contribution in [0.3, 0.4) is 0 Å². The molecule has 0 aromatic rings. The Kier molecular flexibility index (Phi) is 2.98. The van der Waals surface area contributed by atoms with Crippen molar-refractivity contribution in [1.29, 1.82) is 0 Å². The van der Waals surface area contributed by atoms with Gasteiger partial charge in [-0.3, -0.25) is 4.84 Å². The van der Waals surface area contributed by atoms with E-state index in [2.05, 4.69) is 5.43 Å². The quantitative estimate of drug-likeness (QED) is 0.603. The summed E-state index contributed by atoms with van der Waals surface area (Å²) in [6, 6.07) is 0.634. The number of hydroxylamine groups is 1. The topological polar surface area (TPSA) is 24.5 Å². The molecule has 2 rings (SSSR count). The van der Waals surface area contributed by atoms with Gasteiger partial charge < -0.3 is 0 Å². The first-order valence-electron chi connectivity index (χ1n) is 5.12. The summed E-state index contributed by atoms with van der Waals surface area (Å²) in [5.74, 6) is 0. The molecule has 1 heterocycles. The zero-order valence-corrected chi connectivity index (χ0v) is 7.59. The van der Waals surface area contributed by atoms with Crippen LogP contribution in [0.2, 0.25) is 0 Å². The van der Waals surface area contributed by atoms with Gasteiger partial charge >= 0.3 is 0 Å². The first-order valence-corrected chi connectivity index (χ1v) is 5.12. The smallest absolute Gasteiger partial charge is 0.0841 e. The molecule has 0 aromatic heterocycles. The minimum atomic E-state index is 0.634. The van der Waals surface area contributed by atoms with Crippen molar-refractivity contribution < 1.29 is 4.84 Å². The van der Waals surface area contributed by atoms with Crippen molar-refractivity contribution in [2.45, 2.75) is 44.6 Å². The molecule has 2 aliphatic rings. The van der Waals surface area contributed by atoms with Crippen LogP contribution < -0.4 is 5.43 Å². The summed E-state index contributed by atoms with van der Waals surface area (Å²) in [5.41, 5.74) is 3.27. The highest BCUT2D eigenvalue weighted by Gasteiger charge is 2.23. The molecule has 0 amide bonds. The molecule has 1 aliphatic carbocycles. The van der Waals surface area contributed by atoms with Gasteiger partial charge in [0.2, 0.25) is 0 Å². The fourth-order valence-electron chi connectivity index (χ4n) is 2.07. The first-order chi connectivity index (χ1) is 5.97. The van der Waals surface area contributed by atoms with Gasteiger partial charge in [-0.15, -0.1) is 5.17 Å². The minimum Gasteiger partial charge on any atom is -0.282 e. The van der Waals surface area contributed by atoms with E-state index in [0.717, 1.165) is 13.2 Å². The Morgan fingerprint density at radius 2 is 1.83 bits per heavy atom. The van der Waals surface area contributed by atoms with Gasteiger partial charge in [0.05, 0.1) is 12.6 Å². The van der Waals surface area contributed by atoms with Crippen LogP contribution in [-0.4, -0.2) is 24.4 Å². The summed E-state index contributed by atoms with van der Waals surface area (Å²) in [6.45, 7) is 1.83. The second-order valence-corrected chi connectivity index (χ2v) is 3.71. The van der Waals surface area contributed by atoms with E-state index in [4.69, 9.17) is 4.84 Å². The molecule has 0 aromatic carbocycles. The summed E-state index contributed by atoms with van der Waals surface area (Å²) in [4.78, 5) is 5.47. The third-order valence-corrected chi connectivity index (χ3v) is 2.76. The predicted molar refractivity (Wildman–Crippen MR) is 47.3 cm³/mol. The maximum atomic E-state index is 5.47. The highest BCUT2D eigenvalue weighted by atomic mass is 16.7. The fourth-order valence-corrected chi connectivity index (χ4v) is 2.07. The average molecular weight is 170 g/mol. The van der Waals surface area contributed by atoms with Crippen LogP contribution in [0, 0.1) is 0 Å². The fraction of sp³-hybridized carbons (Fsp3) is 1.00. The maximum absolute atomic E-state index is 5.47. The van der Waals surface area contributed by atoms with Gasteiger partial charge in [-0.25, -0.2) is 5.43 Å². The standard InChI is InChI=1S/C9H18N2O/c1-2-4-6-9(5-3-1)11-10-7-8-12-11/h9-10H,1-8H2. The Labute approximate surface area is 74.0 Å². The summed E-state index contributed by atoms with van der Waals surface area (Å²) >= 11 is 0. The molecule has 1 saturated carbocycles. The third kappa shape index (κ3) is 1.97. The van der Waals surface area contributed by atoms with Crippen molar-refractivity contribution in [3.05, 3.63) is 0 Å². The molecule has 12 heavy (non-hydrogen) atoms. The zero-order valence-electron chi connectivity index (χ0n) is 7.59. The van der Waals surface area contributed by atoms with Crippen molar-refractivity contribution in [2.75, 3.05) is 13.2 Å². The highest BCUT2D eigenvalue weighted by Crippen LogP contribution is 2.21. The molecule has 1 aliphatic heterocycles. The Balaban J connectivity index is 1.83. The lowest BCUT2D eigenvalue weighted by Gasteiger charge is -2.23. The van der Waals surface area contributed by atoms with Crippen molar-refractivity contribution >= 4 is 0 Å². The molecule has 0 atom stereocenters. The number of rotatable bonds is 1. The van der Waals surface area contributed by atoms with Crippen LogP contribution >= 0.6 is 0 Å². The van der Waals surface area contributed by atoms with E-state index in [1.807, 2.05) is 5.17 Å². The second-order valence-electron chi connectivity index (χ2n) is 3.71. The van der Waals surface area contributed by atoms with Crippen LogP contribution in [-0.2, 0) is 4.84 Å². The largest absolute Gasteiger partial charge is 0.282 e. The summed E-state index contributed by atoms with van der Waals surface area (Å²) < 4.78 is 0. The lowest BCUT2D eigenvalue weighted by atomic mass is 10.1. The van der Waals surface area contributed by atoms with Crippen molar-refractivity contribution in [3.63, 3.8) is 0 Å². The van der Waals surface area contributed by atoms with E-state index >= 15 is 0 Å². The summed E-state index contributed by atoms with van der Waals surface area (Å²) in [7, 11) is 0. The Bertz CT molecular complexity index is 126. The van der Waals surface area contributed by atoms with Crippen LogP contribution in [0.25, 0.3) is 0 Å². The van der Waals surface area contributed by atoms with E-state index < -0.39 is 0 Å². The maximum Gasteiger partial charge on any atom is 0.0841 e. The van der Waals surface area contributed by atoms with E-state index in [1.165, 1.54) is 38.5 Å². The normalized spacial score (nSPS) is 29.0. The van der Waals surface area contributed by atoms with Crippen LogP contribution in [0.15, 0.2) is 0 Å². The van der Waals surface area contributed by atoms with Crippen LogP contribution in [0.4, 0.5) is 0 Å². The van der Waals surface area contributed by atoms with Gasteiger partial charge in [-0.1, -0.05) is 25.7 Å². The third-order valence-electron chi connectivity index (χ3n) is 2.76. The molecular weight excluding hydrogens is 152 g/mol. The molecule has 1 N–H and O–H groups in total. The molecule has 70 valence electrons. The van der Waals surface area contributed by atoms with Gasteiger partial charge in [0.1, 0.15) is 0 Å². The minimum absolute atomic E-state index is 0.634.